The third-order valence-corrected chi connectivity index (χ3v) is 6.52. The van der Waals surface area contributed by atoms with Crippen LogP contribution in [0.15, 0.2) is 78.0 Å². The number of carbonyl (C=O) groups is 1. The van der Waals surface area contributed by atoms with Gasteiger partial charge in [-0.05, 0) is 24.3 Å². The minimum atomic E-state index is -1.24. The largest absolute Gasteiger partial charge is 0.545 e. The summed E-state index contributed by atoms with van der Waals surface area (Å²) < 4.78 is 5.39. The van der Waals surface area contributed by atoms with Crippen LogP contribution in [0, 0.1) is 11.3 Å². The predicted octanol–water partition coefficient (Wildman–Crippen LogP) is 4.54. The number of ether oxygens (including phenoxy) is 1. The summed E-state index contributed by atoms with van der Waals surface area (Å²) in [6, 6.07) is 20.6. The van der Waals surface area contributed by atoms with E-state index in [1.165, 1.54) is 19.2 Å². The van der Waals surface area contributed by atoms with Crippen LogP contribution < -0.4 is 14.7 Å². The quantitative estimate of drug-likeness (QED) is 0.379. The Morgan fingerprint density at radius 1 is 1.12 bits per heavy atom. The number of carboxylic acids is 1. The SMILES string of the molecule is COc1cc(C(=O)[O-])ccc1CSc1ccncc1N(C)c1ccc(C#N)c2ccccc12. The molecule has 0 unspecified atom stereocenters. The molecule has 0 aliphatic rings. The van der Waals surface area contributed by atoms with E-state index in [0.29, 0.717) is 17.1 Å². The van der Waals surface area contributed by atoms with E-state index in [2.05, 4.69) is 16.0 Å². The van der Waals surface area contributed by atoms with Crippen LogP contribution in [0.1, 0.15) is 21.5 Å². The molecule has 0 amide bonds. The molecular formula is C26H20N3O3S-. The van der Waals surface area contributed by atoms with E-state index >= 15 is 0 Å². The van der Waals surface area contributed by atoms with Gasteiger partial charge >= 0.3 is 0 Å². The number of pyridine rings is 1. The Morgan fingerprint density at radius 2 is 1.91 bits per heavy atom. The van der Waals surface area contributed by atoms with Crippen molar-refractivity contribution in [3.05, 3.63) is 89.7 Å². The molecule has 4 rings (SSSR count). The van der Waals surface area contributed by atoms with E-state index in [4.69, 9.17) is 4.74 Å². The van der Waals surface area contributed by atoms with Crippen LogP contribution in [-0.4, -0.2) is 25.1 Å². The van der Waals surface area contributed by atoms with E-state index in [0.717, 1.165) is 32.6 Å². The fraction of sp³-hybridized carbons (Fsp3) is 0.115. The number of nitrogens with zero attached hydrogens (tertiary/aromatic N) is 3. The molecule has 7 heteroatoms. The fourth-order valence-electron chi connectivity index (χ4n) is 3.70. The highest BCUT2D eigenvalue weighted by Gasteiger charge is 2.15. The van der Waals surface area contributed by atoms with Gasteiger partial charge in [-0.25, -0.2) is 0 Å². The molecule has 1 aromatic heterocycles. The second-order valence-corrected chi connectivity index (χ2v) is 8.31. The average molecular weight is 455 g/mol. The number of aromatic carboxylic acids is 1. The zero-order valence-corrected chi connectivity index (χ0v) is 18.9. The molecule has 4 aromatic rings. The van der Waals surface area contributed by atoms with Gasteiger partial charge in [-0.2, -0.15) is 5.26 Å². The first kappa shape index (κ1) is 22.2. The van der Waals surface area contributed by atoms with Crippen LogP contribution in [0.2, 0.25) is 0 Å². The lowest BCUT2D eigenvalue weighted by Gasteiger charge is -2.24. The summed E-state index contributed by atoms with van der Waals surface area (Å²) in [7, 11) is 3.49. The maximum atomic E-state index is 11.1. The second kappa shape index (κ2) is 9.63. The van der Waals surface area contributed by atoms with E-state index in [9.17, 15) is 15.2 Å². The van der Waals surface area contributed by atoms with E-state index in [1.807, 2.05) is 55.7 Å². The summed E-state index contributed by atoms with van der Waals surface area (Å²) in [5.41, 5.74) is 3.48. The lowest BCUT2D eigenvalue weighted by Crippen LogP contribution is -2.22. The highest BCUT2D eigenvalue weighted by atomic mass is 32.2. The van der Waals surface area contributed by atoms with Gasteiger partial charge in [-0.15, -0.1) is 11.8 Å². The zero-order chi connectivity index (χ0) is 23.4. The summed E-state index contributed by atoms with van der Waals surface area (Å²) in [6.07, 6.45) is 3.55. The minimum absolute atomic E-state index is 0.0811. The van der Waals surface area contributed by atoms with Crippen molar-refractivity contribution in [1.82, 2.24) is 4.98 Å². The van der Waals surface area contributed by atoms with Crippen molar-refractivity contribution >= 4 is 39.9 Å². The summed E-state index contributed by atoms with van der Waals surface area (Å²) in [5.74, 6) is -0.151. The summed E-state index contributed by atoms with van der Waals surface area (Å²) >= 11 is 1.60. The first-order chi connectivity index (χ1) is 16.0. The van der Waals surface area contributed by atoms with Gasteiger partial charge in [0.05, 0.1) is 36.6 Å². The van der Waals surface area contributed by atoms with Gasteiger partial charge in [0.15, 0.2) is 0 Å². The summed E-state index contributed by atoms with van der Waals surface area (Å²) in [5, 5.41) is 22.5. The molecular weight excluding hydrogens is 434 g/mol. The molecule has 0 aliphatic carbocycles. The molecule has 0 spiro atoms. The van der Waals surface area contributed by atoms with Gasteiger partial charge in [0.25, 0.3) is 0 Å². The van der Waals surface area contributed by atoms with Gasteiger partial charge in [-0.3, -0.25) is 4.98 Å². The first-order valence-corrected chi connectivity index (χ1v) is 11.1. The van der Waals surface area contributed by atoms with Gasteiger partial charge in [-0.1, -0.05) is 36.4 Å². The number of anilines is 2. The van der Waals surface area contributed by atoms with Gasteiger partial charge in [0, 0.05) is 51.5 Å². The van der Waals surface area contributed by atoms with Crippen molar-refractivity contribution in [1.29, 1.82) is 5.26 Å². The number of hydrogen-bond donors (Lipinski definition) is 0. The number of benzene rings is 3. The number of thioether (sulfide) groups is 1. The molecule has 0 saturated carbocycles. The van der Waals surface area contributed by atoms with Crippen LogP contribution in [0.3, 0.4) is 0 Å². The van der Waals surface area contributed by atoms with Crippen molar-refractivity contribution in [3.63, 3.8) is 0 Å². The topological polar surface area (TPSA) is 89.3 Å². The van der Waals surface area contributed by atoms with Crippen LogP contribution in [0.5, 0.6) is 5.75 Å². The highest BCUT2D eigenvalue weighted by molar-refractivity contribution is 7.98. The third kappa shape index (κ3) is 4.47. The number of carboxylic acid groups (broad SMARTS) is 1. The van der Waals surface area contributed by atoms with Crippen molar-refractivity contribution in [2.45, 2.75) is 10.6 Å². The van der Waals surface area contributed by atoms with Gasteiger partial charge < -0.3 is 19.5 Å². The monoisotopic (exact) mass is 454 g/mol. The third-order valence-electron chi connectivity index (χ3n) is 5.41. The maximum Gasteiger partial charge on any atom is 0.123 e. The van der Waals surface area contributed by atoms with E-state index in [1.54, 1.807) is 24.0 Å². The van der Waals surface area contributed by atoms with Crippen LogP contribution in [0.4, 0.5) is 11.4 Å². The number of aromatic nitrogens is 1. The number of hydrogen-bond acceptors (Lipinski definition) is 7. The van der Waals surface area contributed by atoms with Crippen LogP contribution >= 0.6 is 11.8 Å². The molecule has 0 bridgehead atoms. The smallest absolute Gasteiger partial charge is 0.123 e. The number of methoxy groups -OCH3 is 1. The van der Waals surface area contributed by atoms with Crippen molar-refractivity contribution < 1.29 is 14.6 Å². The van der Waals surface area contributed by atoms with Gasteiger partial charge in [0.2, 0.25) is 0 Å². The van der Waals surface area contributed by atoms with Gasteiger partial charge in [0.1, 0.15) is 5.75 Å². The number of rotatable bonds is 7. The van der Waals surface area contributed by atoms with Crippen molar-refractivity contribution in [3.8, 4) is 11.8 Å². The Morgan fingerprint density at radius 3 is 2.64 bits per heavy atom. The van der Waals surface area contributed by atoms with E-state index < -0.39 is 5.97 Å². The van der Waals surface area contributed by atoms with Crippen molar-refractivity contribution in [2.75, 3.05) is 19.1 Å². The average Bonchev–Trinajstić information content (AvgIpc) is 2.86. The standard InChI is InChI=1S/C26H21N3O3S/c1-29(22-10-9-18(14-27)20-5-3-4-6-21(20)22)23-15-28-12-11-25(23)33-16-19-8-7-17(26(30)31)13-24(19)32-2/h3-13,15H,16H2,1-2H3,(H,30,31)/p-1. The molecule has 6 nitrogen and oxygen atoms in total. The van der Waals surface area contributed by atoms with Crippen LogP contribution in [-0.2, 0) is 5.75 Å². The highest BCUT2D eigenvalue weighted by Crippen LogP contribution is 2.39. The molecule has 0 aliphatic heterocycles. The lowest BCUT2D eigenvalue weighted by atomic mass is 10.0. The molecule has 0 N–H and O–H groups in total. The number of carbonyl (C=O) groups excluding carboxylic acids is 1. The Hall–Kier alpha value is -4.02. The Labute approximate surface area is 196 Å². The molecule has 33 heavy (non-hydrogen) atoms. The molecule has 0 saturated heterocycles. The zero-order valence-electron chi connectivity index (χ0n) is 18.1. The lowest BCUT2D eigenvalue weighted by molar-refractivity contribution is -0.255. The Balaban J connectivity index is 1.66. The Bertz CT molecular complexity index is 1380. The van der Waals surface area contributed by atoms with Crippen molar-refractivity contribution in [2.24, 2.45) is 0 Å². The number of nitriles is 1. The summed E-state index contributed by atoms with van der Waals surface area (Å²) in [6.45, 7) is 0. The maximum absolute atomic E-state index is 11.1. The normalized spacial score (nSPS) is 10.6. The predicted molar refractivity (Wildman–Crippen MR) is 128 cm³/mol. The van der Waals surface area contributed by atoms with Crippen LogP contribution in [0.25, 0.3) is 10.8 Å². The minimum Gasteiger partial charge on any atom is -0.545 e. The first-order valence-electron chi connectivity index (χ1n) is 10.1. The summed E-state index contributed by atoms with van der Waals surface area (Å²) in [4.78, 5) is 18.5. The molecule has 164 valence electrons. The van der Waals surface area contributed by atoms with E-state index in [-0.39, 0.29) is 5.56 Å². The number of fused-ring (bicyclic) bond motifs is 1. The molecule has 0 fully saturated rings. The fourth-order valence-corrected chi connectivity index (χ4v) is 4.74. The molecule has 0 radical (unpaired) electrons. The second-order valence-electron chi connectivity index (χ2n) is 7.29. The molecule has 0 atom stereocenters. The molecule has 3 aromatic carbocycles. The Kier molecular flexibility index (Phi) is 6.48. The molecule has 1 heterocycles.